The zero-order valence-corrected chi connectivity index (χ0v) is 18.8. The van der Waals surface area contributed by atoms with Crippen LogP contribution >= 0.6 is 11.3 Å². The first kappa shape index (κ1) is 17.9. The Bertz CT molecular complexity index is 952. The summed E-state index contributed by atoms with van der Waals surface area (Å²) >= 11 is 1.37. The number of benzene rings is 1. The molecule has 0 saturated carbocycles. The molecule has 0 aliphatic heterocycles. The van der Waals surface area contributed by atoms with Crippen LogP contribution in [0.25, 0.3) is 10.1 Å². The van der Waals surface area contributed by atoms with E-state index in [9.17, 15) is 4.79 Å². The Labute approximate surface area is 191 Å². The molecule has 7 heteroatoms. The summed E-state index contributed by atoms with van der Waals surface area (Å²) in [5, 5.41) is 16.6. The van der Waals surface area contributed by atoms with Gasteiger partial charge < -0.3 is 15.3 Å². The second kappa shape index (κ2) is 7.53. The molecule has 0 bridgehead atoms. The first-order valence-electron chi connectivity index (χ1n) is 7.16. The number of anilines is 2. The summed E-state index contributed by atoms with van der Waals surface area (Å²) in [6, 6.07) is 7.79. The molecule has 1 aliphatic carbocycles. The third-order valence-corrected chi connectivity index (χ3v) is 5.06. The third kappa shape index (κ3) is 3.13. The molecule has 0 radical (unpaired) electrons. The van der Waals surface area contributed by atoms with Crippen molar-refractivity contribution in [1.29, 1.82) is 0 Å². The van der Waals surface area contributed by atoms with Gasteiger partial charge in [-0.3, -0.25) is 4.98 Å². The Kier molecular flexibility index (Phi) is 5.61. The van der Waals surface area contributed by atoms with Crippen molar-refractivity contribution in [3.05, 3.63) is 52.7 Å². The molecule has 0 spiro atoms. The van der Waals surface area contributed by atoms with Crippen molar-refractivity contribution >= 4 is 44.8 Å². The first-order valence-corrected chi connectivity index (χ1v) is 7.97. The Balaban J connectivity index is 0.00000169. The zero-order chi connectivity index (χ0) is 15.8. The molecule has 114 valence electrons. The van der Waals surface area contributed by atoms with E-state index in [0.29, 0.717) is 4.88 Å². The number of hydrogen-bond donors (Lipinski definition) is 2. The standard InChI is InChI=1S/C17H12N3O2S.Rb/c21-9-16-17(13-5-6-18-8-15(13)23-16)19-11-2-3-12-10(7-11)1-4-14(12)20-22;/h2-3,5-8,19,22H,1,4H2;/q-1;+1/b20-14+;. The van der Waals surface area contributed by atoms with Gasteiger partial charge in [0.05, 0.1) is 5.71 Å². The van der Waals surface area contributed by atoms with Gasteiger partial charge in [0.1, 0.15) is 0 Å². The number of hydrogen-bond acceptors (Lipinski definition) is 6. The van der Waals surface area contributed by atoms with E-state index in [1.807, 2.05) is 30.6 Å². The molecule has 2 N–H and O–H groups in total. The normalized spacial score (nSPS) is 14.4. The molecular formula is C17H12N3O2RbS. The molecule has 1 aliphatic rings. The number of thiophene rings is 1. The van der Waals surface area contributed by atoms with Crippen LogP contribution in [0, 0.1) is 0 Å². The molecule has 2 heterocycles. The first-order chi connectivity index (χ1) is 11.3. The summed E-state index contributed by atoms with van der Waals surface area (Å²) in [5.74, 6) is 0. The minimum atomic E-state index is 0. The maximum atomic E-state index is 11.2. The second-order valence-corrected chi connectivity index (χ2v) is 6.38. The number of aryl methyl sites for hydroxylation is 1. The van der Waals surface area contributed by atoms with E-state index in [2.05, 4.69) is 15.5 Å². The van der Waals surface area contributed by atoms with E-state index in [1.165, 1.54) is 11.3 Å². The van der Waals surface area contributed by atoms with E-state index < -0.39 is 0 Å². The molecule has 5 nitrogen and oxygen atoms in total. The van der Waals surface area contributed by atoms with Crippen molar-refractivity contribution in [2.75, 3.05) is 5.32 Å². The van der Waals surface area contributed by atoms with Gasteiger partial charge in [-0.2, -0.15) is 11.3 Å². The summed E-state index contributed by atoms with van der Waals surface area (Å²) in [6.07, 6.45) is 7.06. The molecule has 1 aromatic carbocycles. The van der Waals surface area contributed by atoms with Gasteiger partial charge in [0, 0.05) is 34.6 Å². The number of carbonyl (C=O) groups excluding carboxylic acids is 1. The molecule has 0 amide bonds. The van der Waals surface area contributed by atoms with Crippen molar-refractivity contribution in [2.24, 2.45) is 5.16 Å². The molecule has 0 saturated heterocycles. The molecule has 3 aromatic rings. The summed E-state index contributed by atoms with van der Waals surface area (Å²) in [6.45, 7) is 0. The largest absolute Gasteiger partial charge is 1.00 e. The predicted molar refractivity (Wildman–Crippen MR) is 90.8 cm³/mol. The predicted octanol–water partition coefficient (Wildman–Crippen LogP) is 0.626. The van der Waals surface area contributed by atoms with Crippen molar-refractivity contribution in [3.63, 3.8) is 0 Å². The maximum Gasteiger partial charge on any atom is 1.00 e. The monoisotopic (exact) mass is 407 g/mol. The van der Waals surface area contributed by atoms with Crippen molar-refractivity contribution in [2.45, 2.75) is 12.8 Å². The minimum Gasteiger partial charge on any atom is -0.431 e. The second-order valence-electron chi connectivity index (χ2n) is 5.32. The van der Waals surface area contributed by atoms with Crippen molar-refractivity contribution in [3.8, 4) is 0 Å². The van der Waals surface area contributed by atoms with Crippen molar-refractivity contribution < 1.29 is 68.2 Å². The summed E-state index contributed by atoms with van der Waals surface area (Å²) in [5.41, 5.74) is 4.51. The number of fused-ring (bicyclic) bond motifs is 2. The van der Waals surface area contributed by atoms with Gasteiger partial charge in [-0.15, -0.1) is 0 Å². The Hall–Kier alpha value is -0.925. The molecule has 2 aromatic heterocycles. The number of pyridine rings is 1. The van der Waals surface area contributed by atoms with Crippen LogP contribution in [-0.4, -0.2) is 22.2 Å². The summed E-state index contributed by atoms with van der Waals surface area (Å²) in [7, 11) is 0. The summed E-state index contributed by atoms with van der Waals surface area (Å²) < 4.78 is 0.948. The zero-order valence-electron chi connectivity index (χ0n) is 13.0. The number of oxime groups is 1. The Morgan fingerprint density at radius 2 is 2.17 bits per heavy atom. The number of nitrogens with zero attached hydrogens (tertiary/aromatic N) is 2. The SMILES string of the molecule is O=[C-]c1sc2cnccc2c1Nc1ccc2c(c1)CC/C2=N\O.[Rb+]. The van der Waals surface area contributed by atoms with Crippen LogP contribution in [-0.2, 0) is 11.2 Å². The third-order valence-electron chi connectivity index (χ3n) is 4.02. The van der Waals surface area contributed by atoms with Gasteiger partial charge >= 0.3 is 58.2 Å². The van der Waals surface area contributed by atoms with E-state index >= 15 is 0 Å². The van der Waals surface area contributed by atoms with Gasteiger partial charge in [-0.1, -0.05) is 33.2 Å². The minimum absolute atomic E-state index is 0. The maximum absolute atomic E-state index is 11.2. The van der Waals surface area contributed by atoms with Crippen molar-refractivity contribution in [1.82, 2.24) is 4.98 Å². The van der Waals surface area contributed by atoms with Gasteiger partial charge in [-0.25, -0.2) is 0 Å². The topological polar surface area (TPSA) is 74.6 Å². The van der Waals surface area contributed by atoms with Gasteiger partial charge in [0.2, 0.25) is 0 Å². The molecule has 0 atom stereocenters. The van der Waals surface area contributed by atoms with Crippen LogP contribution in [0.1, 0.15) is 22.4 Å². The quantitative estimate of drug-likeness (QED) is 0.379. The van der Waals surface area contributed by atoms with Crippen LogP contribution in [0.3, 0.4) is 0 Å². The molecular weight excluding hydrogens is 396 g/mol. The number of aromatic nitrogens is 1. The fraction of sp³-hybridized carbons (Fsp3) is 0.118. The fourth-order valence-corrected chi connectivity index (χ4v) is 3.86. The number of nitrogens with one attached hydrogen (secondary N) is 1. The van der Waals surface area contributed by atoms with E-state index in [0.717, 1.165) is 51.1 Å². The fourth-order valence-electron chi connectivity index (χ4n) is 2.94. The van der Waals surface area contributed by atoms with Crippen LogP contribution in [0.4, 0.5) is 11.4 Å². The molecule has 24 heavy (non-hydrogen) atoms. The van der Waals surface area contributed by atoms with Gasteiger partial charge in [0.25, 0.3) is 0 Å². The average molecular weight is 408 g/mol. The van der Waals surface area contributed by atoms with E-state index in [4.69, 9.17) is 5.21 Å². The Morgan fingerprint density at radius 3 is 2.96 bits per heavy atom. The van der Waals surface area contributed by atoms with E-state index in [1.54, 1.807) is 12.4 Å². The van der Waals surface area contributed by atoms with Crippen LogP contribution in [0.15, 0.2) is 41.8 Å². The van der Waals surface area contributed by atoms with Gasteiger partial charge in [-0.05, 0) is 30.5 Å². The smallest absolute Gasteiger partial charge is 0.431 e. The van der Waals surface area contributed by atoms with E-state index in [-0.39, 0.29) is 58.2 Å². The summed E-state index contributed by atoms with van der Waals surface area (Å²) in [4.78, 5) is 15.9. The average Bonchev–Trinajstić information content (AvgIpc) is 3.16. The van der Waals surface area contributed by atoms with Crippen LogP contribution < -0.4 is 63.5 Å². The van der Waals surface area contributed by atoms with Gasteiger partial charge in [0.15, 0.2) is 0 Å². The number of rotatable bonds is 3. The van der Waals surface area contributed by atoms with Crippen LogP contribution in [0.5, 0.6) is 0 Å². The molecule has 4 rings (SSSR count). The molecule has 0 unspecified atom stereocenters. The Morgan fingerprint density at radius 1 is 1.29 bits per heavy atom. The van der Waals surface area contributed by atoms with Crippen LogP contribution in [0.2, 0.25) is 0 Å². The molecule has 0 fully saturated rings.